The summed E-state index contributed by atoms with van der Waals surface area (Å²) in [7, 11) is 0. The highest BCUT2D eigenvalue weighted by molar-refractivity contribution is 7.99. The molecule has 0 aliphatic heterocycles. The van der Waals surface area contributed by atoms with Crippen LogP contribution in [-0.4, -0.2) is 15.3 Å². The minimum atomic E-state index is 0.595. The second-order valence-electron chi connectivity index (χ2n) is 5.16. The highest BCUT2D eigenvalue weighted by Crippen LogP contribution is 2.28. The van der Waals surface area contributed by atoms with E-state index in [1.54, 1.807) is 11.8 Å². The van der Waals surface area contributed by atoms with Gasteiger partial charge in [0.25, 0.3) is 0 Å². The van der Waals surface area contributed by atoms with Crippen molar-refractivity contribution in [3.8, 4) is 11.8 Å². The topological polar surface area (TPSA) is 41.6 Å². The molecule has 0 N–H and O–H groups in total. The average Bonchev–Trinajstić information content (AvgIpc) is 2.91. The summed E-state index contributed by atoms with van der Waals surface area (Å²) in [5.74, 6) is 0.905. The fraction of sp³-hybridized carbons (Fsp3) is 0.222. The van der Waals surface area contributed by atoms with Crippen molar-refractivity contribution >= 4 is 22.8 Å². The van der Waals surface area contributed by atoms with Crippen molar-refractivity contribution in [1.29, 1.82) is 5.26 Å². The smallest absolute Gasteiger partial charge is 0.173 e. The number of hydrogen-bond acceptors (Lipinski definition) is 3. The van der Waals surface area contributed by atoms with Gasteiger partial charge in [-0.3, -0.25) is 4.57 Å². The molecule has 0 saturated carbocycles. The number of benzene rings is 2. The van der Waals surface area contributed by atoms with E-state index in [0.29, 0.717) is 6.42 Å². The molecule has 0 atom stereocenters. The largest absolute Gasteiger partial charge is 0.287 e. The number of unbranched alkanes of at least 4 members (excludes halogenated alkanes) is 1. The number of nitrogens with zero attached hydrogens (tertiary/aromatic N) is 3. The van der Waals surface area contributed by atoms with Gasteiger partial charge in [-0.15, -0.1) is 0 Å². The summed E-state index contributed by atoms with van der Waals surface area (Å²) < 4.78 is 2.20. The van der Waals surface area contributed by atoms with Crippen molar-refractivity contribution < 1.29 is 0 Å². The van der Waals surface area contributed by atoms with Crippen LogP contribution < -0.4 is 0 Å². The van der Waals surface area contributed by atoms with Crippen molar-refractivity contribution in [2.45, 2.75) is 24.9 Å². The number of nitriles is 1. The summed E-state index contributed by atoms with van der Waals surface area (Å²) in [5, 5.41) is 9.65. The quantitative estimate of drug-likeness (QED) is 0.505. The number of aromatic nitrogens is 2. The molecule has 2 aromatic carbocycles. The van der Waals surface area contributed by atoms with E-state index in [4.69, 9.17) is 10.2 Å². The van der Waals surface area contributed by atoms with Crippen LogP contribution in [0, 0.1) is 18.3 Å². The maximum atomic E-state index is 8.66. The van der Waals surface area contributed by atoms with Crippen LogP contribution in [0.3, 0.4) is 0 Å². The van der Waals surface area contributed by atoms with Crippen LogP contribution in [0.1, 0.15) is 18.4 Å². The molecule has 110 valence electrons. The van der Waals surface area contributed by atoms with Gasteiger partial charge in [-0.05, 0) is 37.6 Å². The monoisotopic (exact) mass is 307 g/mol. The fourth-order valence-electron chi connectivity index (χ4n) is 2.36. The molecular weight excluding hydrogens is 290 g/mol. The van der Waals surface area contributed by atoms with E-state index in [1.165, 1.54) is 5.56 Å². The Morgan fingerprint density at radius 3 is 2.68 bits per heavy atom. The zero-order valence-corrected chi connectivity index (χ0v) is 13.3. The third kappa shape index (κ3) is 3.00. The molecule has 22 heavy (non-hydrogen) atoms. The third-order valence-electron chi connectivity index (χ3n) is 3.49. The van der Waals surface area contributed by atoms with E-state index in [1.807, 2.05) is 18.2 Å². The van der Waals surface area contributed by atoms with Gasteiger partial charge in [0.1, 0.15) is 0 Å². The van der Waals surface area contributed by atoms with Gasteiger partial charge >= 0.3 is 0 Å². The van der Waals surface area contributed by atoms with Crippen LogP contribution in [0.4, 0.5) is 0 Å². The third-order valence-corrected chi connectivity index (χ3v) is 4.51. The molecule has 0 radical (unpaired) electrons. The van der Waals surface area contributed by atoms with Gasteiger partial charge < -0.3 is 0 Å². The Morgan fingerprint density at radius 1 is 1.14 bits per heavy atom. The van der Waals surface area contributed by atoms with Gasteiger partial charge in [0.2, 0.25) is 0 Å². The number of imidazole rings is 1. The summed E-state index contributed by atoms with van der Waals surface area (Å²) in [6.45, 7) is 2.09. The van der Waals surface area contributed by atoms with E-state index in [-0.39, 0.29) is 0 Å². The standard InChI is InChI=1S/C18H17N3S/c1-14-8-10-15(11-9-14)21-17-7-3-2-6-16(17)20-18(21)22-13-5-4-12-19/h2-3,6-11H,4-5,13H2,1H3. The predicted octanol–water partition coefficient (Wildman–Crippen LogP) is 4.73. The highest BCUT2D eigenvalue weighted by atomic mass is 32.2. The molecule has 0 fully saturated rings. The molecule has 0 unspecified atom stereocenters. The summed E-state index contributed by atoms with van der Waals surface area (Å²) in [5.41, 5.74) is 4.50. The number of aryl methyl sites for hydroxylation is 1. The maximum absolute atomic E-state index is 8.66. The van der Waals surface area contributed by atoms with Crippen LogP contribution in [0.2, 0.25) is 0 Å². The van der Waals surface area contributed by atoms with E-state index < -0.39 is 0 Å². The Labute approximate surface area is 134 Å². The second kappa shape index (κ2) is 6.67. The Kier molecular flexibility index (Phi) is 4.45. The molecule has 0 spiro atoms. The molecule has 3 nitrogen and oxygen atoms in total. The first-order valence-corrected chi connectivity index (χ1v) is 8.32. The molecule has 0 aliphatic rings. The normalized spacial score (nSPS) is 10.7. The van der Waals surface area contributed by atoms with Gasteiger partial charge in [-0.25, -0.2) is 4.98 Å². The van der Waals surface area contributed by atoms with Crippen LogP contribution in [0.15, 0.2) is 53.7 Å². The Morgan fingerprint density at radius 2 is 1.91 bits per heavy atom. The average molecular weight is 307 g/mol. The van der Waals surface area contributed by atoms with Crippen molar-refractivity contribution in [3.63, 3.8) is 0 Å². The zero-order valence-electron chi connectivity index (χ0n) is 12.5. The molecule has 0 saturated heterocycles. The van der Waals surface area contributed by atoms with Crippen LogP contribution in [0.25, 0.3) is 16.7 Å². The Balaban J connectivity index is 2.01. The first-order valence-electron chi connectivity index (χ1n) is 7.34. The van der Waals surface area contributed by atoms with Crippen LogP contribution >= 0.6 is 11.8 Å². The van der Waals surface area contributed by atoms with Crippen molar-refractivity contribution in [1.82, 2.24) is 9.55 Å². The molecular formula is C18H17N3S. The molecule has 0 aliphatic carbocycles. The van der Waals surface area contributed by atoms with E-state index in [2.05, 4.69) is 47.9 Å². The Hall–Kier alpha value is -2.25. The number of rotatable bonds is 5. The predicted molar refractivity (Wildman–Crippen MR) is 91.4 cm³/mol. The lowest BCUT2D eigenvalue weighted by molar-refractivity contribution is 0.909. The molecule has 3 rings (SSSR count). The molecule has 4 heteroatoms. The first-order chi connectivity index (χ1) is 10.8. The molecule has 0 bridgehead atoms. The number of hydrogen-bond donors (Lipinski definition) is 0. The highest BCUT2D eigenvalue weighted by Gasteiger charge is 2.12. The van der Waals surface area contributed by atoms with E-state index in [9.17, 15) is 0 Å². The lowest BCUT2D eigenvalue weighted by atomic mass is 10.2. The molecule has 1 aromatic heterocycles. The summed E-state index contributed by atoms with van der Waals surface area (Å²) >= 11 is 1.71. The lowest BCUT2D eigenvalue weighted by Crippen LogP contribution is -1.97. The zero-order chi connectivity index (χ0) is 15.4. The van der Waals surface area contributed by atoms with Crippen LogP contribution in [0.5, 0.6) is 0 Å². The number of fused-ring (bicyclic) bond motifs is 1. The van der Waals surface area contributed by atoms with E-state index >= 15 is 0 Å². The van der Waals surface area contributed by atoms with E-state index in [0.717, 1.165) is 34.1 Å². The second-order valence-corrected chi connectivity index (χ2v) is 6.23. The Bertz CT molecular complexity index is 812. The van der Waals surface area contributed by atoms with Crippen molar-refractivity contribution in [2.24, 2.45) is 0 Å². The van der Waals surface area contributed by atoms with Crippen molar-refractivity contribution in [2.75, 3.05) is 5.75 Å². The first kappa shape index (κ1) is 14.7. The van der Waals surface area contributed by atoms with Crippen LogP contribution in [-0.2, 0) is 0 Å². The lowest BCUT2D eigenvalue weighted by Gasteiger charge is -2.09. The SMILES string of the molecule is Cc1ccc(-n2c(SCCCC#N)nc3ccccc32)cc1. The summed E-state index contributed by atoms with van der Waals surface area (Å²) in [6.07, 6.45) is 1.48. The fourth-order valence-corrected chi connectivity index (χ4v) is 3.33. The number of thioether (sulfide) groups is 1. The van der Waals surface area contributed by atoms with Crippen molar-refractivity contribution in [3.05, 3.63) is 54.1 Å². The van der Waals surface area contributed by atoms with Gasteiger partial charge in [0.15, 0.2) is 5.16 Å². The summed E-state index contributed by atoms with van der Waals surface area (Å²) in [4.78, 5) is 4.75. The van der Waals surface area contributed by atoms with Gasteiger partial charge in [0.05, 0.1) is 17.1 Å². The van der Waals surface area contributed by atoms with Gasteiger partial charge in [-0.1, -0.05) is 41.6 Å². The van der Waals surface area contributed by atoms with Gasteiger partial charge in [-0.2, -0.15) is 5.26 Å². The number of para-hydroxylation sites is 2. The minimum absolute atomic E-state index is 0.595. The summed E-state index contributed by atoms with van der Waals surface area (Å²) in [6, 6.07) is 18.9. The molecule has 0 amide bonds. The molecule has 1 heterocycles. The van der Waals surface area contributed by atoms with Gasteiger partial charge in [0, 0.05) is 17.9 Å². The minimum Gasteiger partial charge on any atom is -0.287 e. The molecule has 3 aromatic rings. The maximum Gasteiger partial charge on any atom is 0.173 e.